The van der Waals surface area contributed by atoms with E-state index in [1.54, 1.807) is 15.9 Å². The molecule has 1 fully saturated rings. The van der Waals surface area contributed by atoms with Crippen LogP contribution in [0, 0.1) is 18.3 Å². The van der Waals surface area contributed by atoms with Crippen LogP contribution in [0.15, 0.2) is 42.5 Å². The van der Waals surface area contributed by atoms with Gasteiger partial charge in [-0.05, 0) is 30.7 Å². The predicted octanol–water partition coefficient (Wildman–Crippen LogP) is 3.14. The highest BCUT2D eigenvalue weighted by molar-refractivity contribution is 5.79. The van der Waals surface area contributed by atoms with Gasteiger partial charge < -0.3 is 14.9 Å². The van der Waals surface area contributed by atoms with E-state index in [0.29, 0.717) is 12.2 Å². The lowest BCUT2D eigenvalue weighted by Crippen LogP contribution is -2.57. The summed E-state index contributed by atoms with van der Waals surface area (Å²) in [6.07, 6.45) is -4.44. The molecule has 1 unspecified atom stereocenters. The number of carbonyl (C=O) groups excluding carboxylic acids is 1. The van der Waals surface area contributed by atoms with Crippen LogP contribution in [0.5, 0.6) is 0 Å². The number of rotatable bonds is 4. The summed E-state index contributed by atoms with van der Waals surface area (Å²) in [6.45, 7) is 2.49. The van der Waals surface area contributed by atoms with Crippen LogP contribution in [0.2, 0.25) is 0 Å². The van der Waals surface area contributed by atoms with E-state index in [4.69, 9.17) is 5.26 Å². The third kappa shape index (κ3) is 4.74. The fraction of sp³-hybridized carbons (Fsp3) is 0.364. The number of aliphatic hydroxyl groups is 1. The molecule has 2 aromatic rings. The first-order valence-corrected chi connectivity index (χ1v) is 9.55. The topological polar surface area (TPSA) is 67.6 Å². The minimum atomic E-state index is -4.64. The SMILES string of the molecule is Cc1ccc(CC(=O)N2CCN(c3ccc(C#N)c(C(F)(F)F)c3)CC2CO)cc1. The van der Waals surface area contributed by atoms with E-state index in [9.17, 15) is 23.1 Å². The van der Waals surface area contributed by atoms with Gasteiger partial charge in [-0.25, -0.2) is 0 Å². The van der Waals surface area contributed by atoms with Crippen LogP contribution in [0.3, 0.4) is 0 Å². The minimum Gasteiger partial charge on any atom is -0.394 e. The molecule has 30 heavy (non-hydrogen) atoms. The van der Waals surface area contributed by atoms with Crippen molar-refractivity contribution in [3.05, 3.63) is 64.7 Å². The van der Waals surface area contributed by atoms with Gasteiger partial charge in [-0.1, -0.05) is 29.8 Å². The quantitative estimate of drug-likeness (QED) is 0.830. The van der Waals surface area contributed by atoms with Gasteiger partial charge in [-0.15, -0.1) is 0 Å². The van der Waals surface area contributed by atoms with Crippen molar-refractivity contribution in [2.45, 2.75) is 25.6 Å². The van der Waals surface area contributed by atoms with Crippen molar-refractivity contribution in [2.75, 3.05) is 31.1 Å². The summed E-state index contributed by atoms with van der Waals surface area (Å²) in [6, 6.07) is 12.2. The summed E-state index contributed by atoms with van der Waals surface area (Å²) < 4.78 is 39.8. The number of aryl methyl sites for hydroxylation is 1. The van der Waals surface area contributed by atoms with E-state index in [0.717, 1.165) is 23.3 Å². The second-order valence-corrected chi connectivity index (χ2v) is 7.37. The van der Waals surface area contributed by atoms with Crippen molar-refractivity contribution in [3.63, 3.8) is 0 Å². The highest BCUT2D eigenvalue weighted by Gasteiger charge is 2.35. The molecule has 1 N–H and O–H groups in total. The number of carbonyl (C=O) groups is 1. The first-order valence-electron chi connectivity index (χ1n) is 9.55. The summed E-state index contributed by atoms with van der Waals surface area (Å²) in [5.41, 5.74) is 0.850. The summed E-state index contributed by atoms with van der Waals surface area (Å²) in [5.74, 6) is -0.131. The molecule has 0 bridgehead atoms. The van der Waals surface area contributed by atoms with Gasteiger partial charge in [0.05, 0.1) is 36.3 Å². The first-order chi connectivity index (χ1) is 14.2. The van der Waals surface area contributed by atoms with Crippen molar-refractivity contribution >= 4 is 11.6 Å². The molecule has 1 atom stereocenters. The van der Waals surface area contributed by atoms with E-state index in [1.165, 1.54) is 6.07 Å². The fourth-order valence-electron chi connectivity index (χ4n) is 3.62. The zero-order valence-electron chi connectivity index (χ0n) is 16.5. The van der Waals surface area contributed by atoms with Crippen molar-refractivity contribution in [1.82, 2.24) is 4.90 Å². The summed E-state index contributed by atoms with van der Waals surface area (Å²) in [5, 5.41) is 18.8. The minimum absolute atomic E-state index is 0.131. The Labute approximate surface area is 172 Å². The summed E-state index contributed by atoms with van der Waals surface area (Å²) in [4.78, 5) is 16.0. The Kier molecular flexibility index (Phi) is 6.32. The van der Waals surface area contributed by atoms with Crippen LogP contribution < -0.4 is 4.90 Å². The number of amides is 1. The van der Waals surface area contributed by atoms with Gasteiger partial charge in [0, 0.05) is 25.3 Å². The van der Waals surface area contributed by atoms with Gasteiger partial charge in [0.15, 0.2) is 0 Å². The molecule has 158 valence electrons. The number of nitrogens with zero attached hydrogens (tertiary/aromatic N) is 3. The third-order valence-corrected chi connectivity index (χ3v) is 5.28. The average Bonchev–Trinajstić information content (AvgIpc) is 2.73. The number of aliphatic hydroxyl groups excluding tert-OH is 1. The van der Waals surface area contributed by atoms with Crippen molar-refractivity contribution in [3.8, 4) is 6.07 Å². The normalized spacial score (nSPS) is 17.0. The molecule has 1 saturated heterocycles. The molecular weight excluding hydrogens is 395 g/mol. The molecule has 0 radical (unpaired) electrons. The molecule has 2 aromatic carbocycles. The molecule has 1 aliphatic heterocycles. The van der Waals surface area contributed by atoms with Crippen LogP contribution in [0.25, 0.3) is 0 Å². The Hall–Kier alpha value is -3.05. The first kappa shape index (κ1) is 21.7. The molecule has 5 nitrogen and oxygen atoms in total. The average molecular weight is 417 g/mol. The van der Waals surface area contributed by atoms with Gasteiger partial charge >= 0.3 is 6.18 Å². The molecule has 0 saturated carbocycles. The zero-order valence-corrected chi connectivity index (χ0v) is 16.5. The Morgan fingerprint density at radius 3 is 2.50 bits per heavy atom. The molecule has 1 heterocycles. The molecule has 3 rings (SSSR count). The van der Waals surface area contributed by atoms with Crippen molar-refractivity contribution < 1.29 is 23.1 Å². The van der Waals surface area contributed by atoms with Gasteiger partial charge in [-0.2, -0.15) is 18.4 Å². The number of benzene rings is 2. The highest BCUT2D eigenvalue weighted by atomic mass is 19.4. The van der Waals surface area contributed by atoms with Crippen LogP contribution in [0.1, 0.15) is 22.3 Å². The molecule has 0 aromatic heterocycles. The predicted molar refractivity (Wildman–Crippen MR) is 106 cm³/mol. The maximum Gasteiger partial charge on any atom is 0.417 e. The number of anilines is 1. The monoisotopic (exact) mass is 417 g/mol. The molecule has 1 amide bonds. The smallest absolute Gasteiger partial charge is 0.394 e. The highest BCUT2D eigenvalue weighted by Crippen LogP contribution is 2.35. The molecule has 1 aliphatic rings. The van der Waals surface area contributed by atoms with Crippen molar-refractivity contribution in [2.24, 2.45) is 0 Å². The second-order valence-electron chi connectivity index (χ2n) is 7.37. The zero-order chi connectivity index (χ0) is 21.9. The van der Waals surface area contributed by atoms with E-state index in [1.807, 2.05) is 31.2 Å². The fourth-order valence-corrected chi connectivity index (χ4v) is 3.62. The third-order valence-electron chi connectivity index (χ3n) is 5.28. The lowest BCUT2D eigenvalue weighted by molar-refractivity contribution is -0.137. The summed E-state index contributed by atoms with van der Waals surface area (Å²) >= 11 is 0. The lowest BCUT2D eigenvalue weighted by Gasteiger charge is -2.42. The standard InChI is InChI=1S/C22H22F3N3O2/c1-15-2-4-16(5-3-15)10-21(30)28-9-8-27(13-19(28)14-29)18-7-6-17(12-26)20(11-18)22(23,24)25/h2-7,11,19,29H,8-10,13-14H2,1H3. The maximum atomic E-state index is 13.3. The van der Waals surface area contributed by atoms with Gasteiger partial charge in [0.1, 0.15) is 0 Å². The lowest BCUT2D eigenvalue weighted by atomic mass is 10.0. The van der Waals surface area contributed by atoms with Crippen LogP contribution in [-0.4, -0.2) is 48.2 Å². The summed E-state index contributed by atoms with van der Waals surface area (Å²) in [7, 11) is 0. The van der Waals surface area contributed by atoms with E-state index in [2.05, 4.69) is 0 Å². The van der Waals surface area contributed by atoms with Gasteiger partial charge in [0.25, 0.3) is 0 Å². The Bertz CT molecular complexity index is 952. The molecule has 0 spiro atoms. The Balaban J connectivity index is 1.75. The maximum absolute atomic E-state index is 13.3. The van der Waals surface area contributed by atoms with E-state index >= 15 is 0 Å². The molecular formula is C22H22F3N3O2. The van der Waals surface area contributed by atoms with E-state index < -0.39 is 23.3 Å². The largest absolute Gasteiger partial charge is 0.417 e. The molecule has 8 heteroatoms. The van der Waals surface area contributed by atoms with Crippen LogP contribution in [0.4, 0.5) is 18.9 Å². The number of hydrogen-bond acceptors (Lipinski definition) is 4. The Morgan fingerprint density at radius 2 is 1.90 bits per heavy atom. The van der Waals surface area contributed by atoms with E-state index in [-0.39, 0.29) is 32.0 Å². The van der Waals surface area contributed by atoms with Gasteiger partial charge in [0.2, 0.25) is 5.91 Å². The number of hydrogen-bond donors (Lipinski definition) is 1. The van der Waals surface area contributed by atoms with Crippen LogP contribution in [-0.2, 0) is 17.4 Å². The Morgan fingerprint density at radius 1 is 1.20 bits per heavy atom. The number of alkyl halides is 3. The molecule has 0 aliphatic carbocycles. The van der Waals surface area contributed by atoms with Crippen LogP contribution >= 0.6 is 0 Å². The second kappa shape index (κ2) is 8.76. The number of piperazine rings is 1. The number of halogens is 3. The van der Waals surface area contributed by atoms with Crippen molar-refractivity contribution in [1.29, 1.82) is 5.26 Å². The van der Waals surface area contributed by atoms with Gasteiger partial charge in [-0.3, -0.25) is 4.79 Å². The number of nitriles is 1.